The predicted octanol–water partition coefficient (Wildman–Crippen LogP) is 1.85. The van der Waals surface area contributed by atoms with Crippen LogP contribution < -0.4 is 0 Å². The van der Waals surface area contributed by atoms with Gasteiger partial charge in [0, 0.05) is 37.9 Å². The van der Waals surface area contributed by atoms with E-state index in [1.165, 1.54) is 7.11 Å². The molecular formula is C35H56O12. The lowest BCUT2D eigenvalue weighted by Crippen LogP contribution is -2.69. The first-order chi connectivity index (χ1) is 22.2. The number of aliphatic hydroxyl groups is 4. The highest BCUT2D eigenvalue weighted by atomic mass is 16.7. The van der Waals surface area contributed by atoms with E-state index < -0.39 is 78.0 Å². The number of hydrogen-bond acceptors (Lipinski definition) is 12. The first-order valence-electron chi connectivity index (χ1n) is 17.8. The molecule has 12 heteroatoms. The molecule has 7 rings (SSSR count). The monoisotopic (exact) mass is 668 g/mol. The summed E-state index contributed by atoms with van der Waals surface area (Å²) < 4.78 is 43.0. The van der Waals surface area contributed by atoms with E-state index >= 15 is 0 Å². The Morgan fingerprint density at radius 1 is 0.809 bits per heavy atom. The number of carbonyl (C=O) groups excluding carboxylic acids is 1. The molecule has 3 heterocycles. The molecule has 7 fully saturated rings. The number of epoxide rings is 1. The maximum absolute atomic E-state index is 12.7. The minimum absolute atomic E-state index is 0.0406. The molecule has 4 N–H and O–H groups in total. The molecule has 3 saturated heterocycles. The summed E-state index contributed by atoms with van der Waals surface area (Å²) in [6, 6.07) is 0. The van der Waals surface area contributed by atoms with Crippen molar-refractivity contribution >= 4 is 5.78 Å². The molecule has 0 aromatic rings. The maximum Gasteiger partial charge on any atom is 0.187 e. The third-order valence-electron chi connectivity index (χ3n) is 14.3. The van der Waals surface area contributed by atoms with E-state index in [4.69, 9.17) is 33.2 Å². The fraction of sp³-hybridized carbons (Fsp3) is 0.971. The molecule has 19 atom stereocenters. The van der Waals surface area contributed by atoms with E-state index in [0.717, 1.165) is 38.5 Å². The van der Waals surface area contributed by atoms with E-state index in [9.17, 15) is 25.2 Å². The smallest absolute Gasteiger partial charge is 0.187 e. The van der Waals surface area contributed by atoms with Gasteiger partial charge in [-0.3, -0.25) is 4.79 Å². The van der Waals surface area contributed by atoms with Crippen LogP contribution in [0.15, 0.2) is 0 Å². The van der Waals surface area contributed by atoms with Gasteiger partial charge >= 0.3 is 0 Å². The molecule has 0 aromatic carbocycles. The van der Waals surface area contributed by atoms with Gasteiger partial charge in [0.15, 0.2) is 12.6 Å². The molecule has 0 aromatic heterocycles. The van der Waals surface area contributed by atoms with Crippen LogP contribution >= 0.6 is 0 Å². The zero-order valence-electron chi connectivity index (χ0n) is 28.9. The van der Waals surface area contributed by atoms with Crippen LogP contribution in [0.25, 0.3) is 0 Å². The lowest BCUT2D eigenvalue weighted by Gasteiger charge is -2.61. The maximum atomic E-state index is 12.7. The second-order valence-electron chi connectivity index (χ2n) is 16.3. The topological polar surface area (TPSA) is 166 Å². The Hall–Kier alpha value is -0.770. The molecule has 4 aliphatic carbocycles. The van der Waals surface area contributed by atoms with Gasteiger partial charge in [0.1, 0.15) is 41.4 Å². The average Bonchev–Trinajstić information content (AvgIpc) is 3.57. The molecule has 3 aliphatic heterocycles. The van der Waals surface area contributed by atoms with Gasteiger partial charge in [-0.15, -0.1) is 0 Å². The van der Waals surface area contributed by atoms with Crippen molar-refractivity contribution in [3.8, 4) is 0 Å². The molecule has 2 spiro atoms. The van der Waals surface area contributed by atoms with Crippen molar-refractivity contribution in [1.82, 2.24) is 0 Å². The second kappa shape index (κ2) is 11.9. The van der Waals surface area contributed by atoms with Gasteiger partial charge in [0.25, 0.3) is 0 Å². The lowest BCUT2D eigenvalue weighted by atomic mass is 9.43. The van der Waals surface area contributed by atoms with Crippen LogP contribution in [-0.4, -0.2) is 125 Å². The Bertz CT molecular complexity index is 1200. The van der Waals surface area contributed by atoms with E-state index in [2.05, 4.69) is 6.92 Å². The van der Waals surface area contributed by atoms with E-state index in [1.54, 1.807) is 21.0 Å². The van der Waals surface area contributed by atoms with Crippen molar-refractivity contribution in [2.45, 2.75) is 171 Å². The number of fused-ring (bicyclic) bond motifs is 2. The number of rotatable bonds is 7. The number of ketones is 1. The third-order valence-corrected chi connectivity index (χ3v) is 14.3. The molecule has 0 amide bonds. The number of carbonyl (C=O) groups is 1. The van der Waals surface area contributed by atoms with E-state index in [-0.39, 0.29) is 41.2 Å². The van der Waals surface area contributed by atoms with Crippen LogP contribution in [0.4, 0.5) is 0 Å². The SMILES string of the molecule is CO[C@H]1[C@@H](O)[C@H](O[C@@H]2[C@@H](C)O[C@H](O[C@H]3CC[C@@]4(C)[C@@H](CCC56O[C@@]57CC[C@H](C(C)=O)[C@@]7(C)[C@H](O)[C@@H](O)[C@@H]64)C3)C[C@H]2OC)O[C@H](C)[C@H]1O. The molecule has 4 saturated carbocycles. The van der Waals surface area contributed by atoms with Crippen molar-refractivity contribution in [2.24, 2.45) is 28.6 Å². The highest BCUT2D eigenvalue weighted by molar-refractivity contribution is 5.80. The number of aliphatic hydroxyl groups excluding tert-OH is 4. The summed E-state index contributed by atoms with van der Waals surface area (Å²) in [5.41, 5.74) is -2.07. The normalized spacial score (nSPS) is 58.6. The van der Waals surface area contributed by atoms with E-state index in [0.29, 0.717) is 12.8 Å². The number of methoxy groups -OCH3 is 2. The highest BCUT2D eigenvalue weighted by Crippen LogP contribution is 2.81. The molecule has 7 aliphatic rings. The largest absolute Gasteiger partial charge is 0.390 e. The zero-order chi connectivity index (χ0) is 33.8. The van der Waals surface area contributed by atoms with Crippen LogP contribution in [0.5, 0.6) is 0 Å². The van der Waals surface area contributed by atoms with Gasteiger partial charge < -0.3 is 53.6 Å². The zero-order valence-corrected chi connectivity index (χ0v) is 28.9. The van der Waals surface area contributed by atoms with E-state index in [1.807, 2.05) is 13.8 Å². The standard InChI is InChI=1S/C35H56O12/c1-16(36)21-10-13-35-33(21,5)30(40)26(39)29-32(4)11-9-20(14-19(32)8-12-34(29,35)47-35)45-23-15-22(41-6)27(18(3)43-23)46-31-25(38)28(42-7)24(37)17(2)44-31/h17-31,37-40H,8-15H2,1-7H3/t17-,18-,19+,20+,21-,22-,23-,24-,25-,26+,27-,28-,29-,30-,31+,32+,33+,34?,35-/m1/s1. The van der Waals surface area contributed by atoms with Gasteiger partial charge in [0.05, 0.1) is 36.6 Å². The third kappa shape index (κ3) is 4.76. The van der Waals surface area contributed by atoms with Crippen molar-refractivity contribution in [3.05, 3.63) is 0 Å². The van der Waals surface area contributed by atoms with Gasteiger partial charge in [-0.1, -0.05) is 13.8 Å². The highest BCUT2D eigenvalue weighted by Gasteiger charge is 2.90. The first kappa shape index (κ1) is 34.7. The van der Waals surface area contributed by atoms with Crippen LogP contribution in [0.1, 0.15) is 86.0 Å². The Morgan fingerprint density at radius 3 is 2.23 bits per heavy atom. The summed E-state index contributed by atoms with van der Waals surface area (Å²) in [4.78, 5) is 12.7. The van der Waals surface area contributed by atoms with Gasteiger partial charge in [-0.25, -0.2) is 0 Å². The van der Waals surface area contributed by atoms with Crippen molar-refractivity contribution in [1.29, 1.82) is 0 Å². The predicted molar refractivity (Wildman–Crippen MR) is 165 cm³/mol. The van der Waals surface area contributed by atoms with Crippen molar-refractivity contribution < 1.29 is 58.4 Å². The molecule has 268 valence electrons. The van der Waals surface area contributed by atoms with Gasteiger partial charge in [0.2, 0.25) is 0 Å². The Labute approximate surface area is 277 Å². The van der Waals surface area contributed by atoms with Crippen LogP contribution in [0.2, 0.25) is 0 Å². The number of Topliss-reactive ketones (excluding diaryl/α,β-unsaturated/α-hetero) is 1. The quantitative estimate of drug-likeness (QED) is 0.230. The molecule has 1 unspecified atom stereocenters. The van der Waals surface area contributed by atoms with Gasteiger partial charge in [-0.2, -0.15) is 0 Å². The minimum Gasteiger partial charge on any atom is -0.390 e. The summed E-state index contributed by atoms with van der Waals surface area (Å²) in [5, 5.41) is 44.7. The summed E-state index contributed by atoms with van der Waals surface area (Å²) in [6.07, 6.45) is -2.44. The molecule has 0 bridgehead atoms. The first-order valence-corrected chi connectivity index (χ1v) is 17.8. The van der Waals surface area contributed by atoms with Crippen LogP contribution in [-0.2, 0) is 38.0 Å². The van der Waals surface area contributed by atoms with Crippen molar-refractivity contribution in [2.75, 3.05) is 14.2 Å². The number of hydrogen-bond donors (Lipinski definition) is 4. The summed E-state index contributed by atoms with van der Waals surface area (Å²) in [7, 11) is 3.05. The molecular weight excluding hydrogens is 612 g/mol. The fourth-order valence-corrected chi connectivity index (χ4v) is 11.9. The van der Waals surface area contributed by atoms with Gasteiger partial charge in [-0.05, 0) is 77.0 Å². The molecule has 12 nitrogen and oxygen atoms in total. The summed E-state index contributed by atoms with van der Waals surface area (Å²) in [5.74, 6) is -0.163. The van der Waals surface area contributed by atoms with Crippen molar-refractivity contribution in [3.63, 3.8) is 0 Å². The van der Waals surface area contributed by atoms with Crippen LogP contribution in [0, 0.1) is 28.6 Å². The Balaban J connectivity index is 1.01. The minimum atomic E-state index is -1.19. The van der Waals surface area contributed by atoms with Crippen LogP contribution in [0.3, 0.4) is 0 Å². The molecule has 0 radical (unpaired) electrons. The average molecular weight is 669 g/mol. The fourth-order valence-electron chi connectivity index (χ4n) is 11.9. The Morgan fingerprint density at radius 2 is 1.55 bits per heavy atom. The summed E-state index contributed by atoms with van der Waals surface area (Å²) >= 11 is 0. The Kier molecular flexibility index (Phi) is 8.78. The summed E-state index contributed by atoms with van der Waals surface area (Å²) in [6.45, 7) is 9.45. The lowest BCUT2D eigenvalue weighted by molar-refractivity contribution is -0.343. The second-order valence-corrected chi connectivity index (χ2v) is 16.3. The number of ether oxygens (including phenoxy) is 7. The molecule has 47 heavy (non-hydrogen) atoms.